The van der Waals surface area contributed by atoms with E-state index in [9.17, 15) is 0 Å². The summed E-state index contributed by atoms with van der Waals surface area (Å²) in [5.41, 5.74) is 16.4. The summed E-state index contributed by atoms with van der Waals surface area (Å²) in [5.74, 6) is 0. The maximum Gasteiger partial charge on any atom is 0.0708 e. The van der Waals surface area contributed by atoms with Crippen molar-refractivity contribution < 1.29 is 0 Å². The van der Waals surface area contributed by atoms with Crippen molar-refractivity contribution in [1.82, 2.24) is 14.0 Å². The zero-order valence-electron chi connectivity index (χ0n) is 29.2. The van der Waals surface area contributed by atoms with Crippen molar-refractivity contribution in [3.05, 3.63) is 194 Å². The van der Waals surface area contributed by atoms with Gasteiger partial charge in [-0.25, -0.2) is 0 Å². The highest BCUT2D eigenvalue weighted by molar-refractivity contribution is 5.85. The number of aryl methyl sites for hydroxylation is 1. The lowest BCUT2D eigenvalue weighted by Crippen LogP contribution is -2.09. The van der Waals surface area contributed by atoms with Gasteiger partial charge in [-0.2, -0.15) is 0 Å². The third kappa shape index (κ3) is 5.90. The summed E-state index contributed by atoms with van der Waals surface area (Å²) in [6, 6.07) is 57.0. The molecule has 0 radical (unpaired) electrons. The van der Waals surface area contributed by atoms with E-state index < -0.39 is 0 Å². The van der Waals surface area contributed by atoms with Crippen LogP contribution in [0, 0.1) is 0 Å². The van der Waals surface area contributed by atoms with Crippen LogP contribution < -0.4 is 4.90 Å². The van der Waals surface area contributed by atoms with Gasteiger partial charge in [0.15, 0.2) is 0 Å². The second-order valence-electron chi connectivity index (χ2n) is 13.8. The van der Waals surface area contributed by atoms with Crippen LogP contribution in [-0.2, 0) is 6.54 Å². The first-order valence-electron chi connectivity index (χ1n) is 18.2. The van der Waals surface area contributed by atoms with Crippen molar-refractivity contribution in [2.45, 2.75) is 13.0 Å². The standard InChI is InChI=1S/C49H36N4/c1-3-28-51-33-42(30-47(51)7-1)38-17-23-45(24-18-38)53(46-25-19-39(20-26-46)43-31-48-8-2-4-29-52(48)34-43)44-21-15-36(16-22-44)35-9-11-37(12-10-35)41-14-13-40-6-5-27-50-49(40)32-41/h1-3,5-28,30-34H,4,29H2. The number of anilines is 3. The van der Waals surface area contributed by atoms with Crippen molar-refractivity contribution in [2.24, 2.45) is 0 Å². The molecule has 0 aliphatic carbocycles. The molecule has 5 aromatic carbocycles. The first-order valence-corrected chi connectivity index (χ1v) is 18.2. The molecule has 4 heteroatoms. The zero-order chi connectivity index (χ0) is 35.1. The van der Waals surface area contributed by atoms with Crippen molar-refractivity contribution in [1.29, 1.82) is 0 Å². The van der Waals surface area contributed by atoms with Gasteiger partial charge in [0.2, 0.25) is 0 Å². The molecule has 0 saturated heterocycles. The molecule has 53 heavy (non-hydrogen) atoms. The molecule has 1 aliphatic rings. The summed E-state index contributed by atoms with van der Waals surface area (Å²) in [7, 11) is 0. The van der Waals surface area contributed by atoms with Crippen LogP contribution in [0.25, 0.3) is 67.0 Å². The monoisotopic (exact) mass is 680 g/mol. The normalized spacial score (nSPS) is 12.3. The van der Waals surface area contributed by atoms with E-state index in [4.69, 9.17) is 0 Å². The van der Waals surface area contributed by atoms with Crippen LogP contribution in [0.4, 0.5) is 17.1 Å². The fourth-order valence-corrected chi connectivity index (χ4v) is 7.61. The summed E-state index contributed by atoms with van der Waals surface area (Å²) in [6.45, 7) is 1.04. The summed E-state index contributed by atoms with van der Waals surface area (Å²) in [5, 5.41) is 1.15. The third-order valence-corrected chi connectivity index (χ3v) is 10.5. The fraction of sp³-hybridized carbons (Fsp3) is 0.0408. The summed E-state index contributed by atoms with van der Waals surface area (Å²) < 4.78 is 4.52. The Morgan fingerprint density at radius 1 is 0.491 bits per heavy atom. The van der Waals surface area contributed by atoms with Crippen molar-refractivity contribution in [3.63, 3.8) is 0 Å². The summed E-state index contributed by atoms with van der Waals surface area (Å²) in [6.07, 6.45) is 14.0. The molecule has 4 nitrogen and oxygen atoms in total. The molecule has 0 N–H and O–H groups in total. The van der Waals surface area contributed by atoms with Gasteiger partial charge in [0.25, 0.3) is 0 Å². The Bertz CT molecular complexity index is 2720. The third-order valence-electron chi connectivity index (χ3n) is 10.5. The minimum Gasteiger partial charge on any atom is -0.347 e. The first-order chi connectivity index (χ1) is 26.2. The van der Waals surface area contributed by atoms with Crippen molar-refractivity contribution >= 4 is 39.6 Å². The van der Waals surface area contributed by atoms with Gasteiger partial charge in [-0.1, -0.05) is 91.0 Å². The van der Waals surface area contributed by atoms with Gasteiger partial charge in [0.05, 0.1) is 5.52 Å². The van der Waals surface area contributed by atoms with Crippen LogP contribution in [-0.4, -0.2) is 14.0 Å². The van der Waals surface area contributed by atoms with Crippen LogP contribution in [0.15, 0.2) is 189 Å². The lowest BCUT2D eigenvalue weighted by atomic mass is 9.99. The van der Waals surface area contributed by atoms with Crippen LogP contribution in [0.3, 0.4) is 0 Å². The summed E-state index contributed by atoms with van der Waals surface area (Å²) in [4.78, 5) is 6.89. The zero-order valence-corrected chi connectivity index (χ0v) is 29.2. The average Bonchev–Trinajstić information content (AvgIpc) is 3.87. The Hall–Kier alpha value is -6.91. The molecule has 0 unspecified atom stereocenters. The van der Waals surface area contributed by atoms with E-state index in [1.54, 1.807) is 0 Å². The van der Waals surface area contributed by atoms with E-state index in [0.717, 1.165) is 40.9 Å². The number of rotatable bonds is 7. The second-order valence-corrected chi connectivity index (χ2v) is 13.8. The maximum atomic E-state index is 4.55. The topological polar surface area (TPSA) is 25.5 Å². The molecule has 0 atom stereocenters. The SMILES string of the molecule is C1=Cc2cc(-c3ccc(N(c4ccc(-c5ccc(-c6ccc7cccnc7c6)cc5)cc4)c4ccc(-c5cc6ccccn6c5)cc4)cc3)cn2CC1. The number of benzene rings is 5. The molecule has 10 rings (SSSR count). The number of hydrogen-bond acceptors (Lipinski definition) is 2. The molecule has 0 amide bonds. The summed E-state index contributed by atoms with van der Waals surface area (Å²) >= 11 is 0. The van der Waals surface area contributed by atoms with Crippen LogP contribution in [0.1, 0.15) is 12.1 Å². The van der Waals surface area contributed by atoms with Gasteiger partial charge in [-0.3, -0.25) is 4.98 Å². The molecule has 1 aliphatic heterocycles. The van der Waals surface area contributed by atoms with Crippen molar-refractivity contribution in [2.75, 3.05) is 4.90 Å². The Morgan fingerprint density at radius 2 is 1.08 bits per heavy atom. The Labute approximate surface area is 309 Å². The molecule has 4 aromatic heterocycles. The van der Waals surface area contributed by atoms with Crippen molar-refractivity contribution in [3.8, 4) is 44.5 Å². The predicted octanol–water partition coefficient (Wildman–Crippen LogP) is 12.8. The fourth-order valence-electron chi connectivity index (χ4n) is 7.61. The lowest BCUT2D eigenvalue weighted by molar-refractivity contribution is 0.698. The smallest absolute Gasteiger partial charge is 0.0708 e. The second kappa shape index (κ2) is 13.0. The number of pyridine rings is 2. The van der Waals surface area contributed by atoms with E-state index >= 15 is 0 Å². The number of hydrogen-bond donors (Lipinski definition) is 0. The van der Waals surface area contributed by atoms with E-state index in [0.29, 0.717) is 0 Å². The maximum absolute atomic E-state index is 4.55. The van der Waals surface area contributed by atoms with Gasteiger partial charge in [0, 0.05) is 70.6 Å². The lowest BCUT2D eigenvalue weighted by Gasteiger charge is -2.26. The van der Waals surface area contributed by atoms with Gasteiger partial charge in [-0.15, -0.1) is 0 Å². The minimum atomic E-state index is 1.01. The van der Waals surface area contributed by atoms with Gasteiger partial charge in [-0.05, 0) is 124 Å². The van der Waals surface area contributed by atoms with E-state index in [-0.39, 0.29) is 0 Å². The molecule has 252 valence electrons. The number of nitrogens with zero attached hydrogens (tertiary/aromatic N) is 4. The van der Waals surface area contributed by atoms with Crippen LogP contribution in [0.5, 0.6) is 0 Å². The van der Waals surface area contributed by atoms with E-state index in [1.807, 2.05) is 12.3 Å². The highest BCUT2D eigenvalue weighted by atomic mass is 15.1. The largest absolute Gasteiger partial charge is 0.347 e. The molecule has 9 aromatic rings. The number of fused-ring (bicyclic) bond motifs is 3. The minimum absolute atomic E-state index is 1.01. The molecule has 0 fully saturated rings. The Kier molecular flexibility index (Phi) is 7.58. The van der Waals surface area contributed by atoms with Gasteiger partial charge in [0.1, 0.15) is 0 Å². The Morgan fingerprint density at radius 3 is 1.72 bits per heavy atom. The van der Waals surface area contributed by atoms with Gasteiger partial charge >= 0.3 is 0 Å². The van der Waals surface area contributed by atoms with Crippen LogP contribution >= 0.6 is 0 Å². The highest BCUT2D eigenvalue weighted by Gasteiger charge is 2.15. The predicted molar refractivity (Wildman–Crippen MR) is 221 cm³/mol. The van der Waals surface area contributed by atoms with E-state index in [1.165, 1.54) is 55.7 Å². The molecule has 0 spiro atoms. The first kappa shape index (κ1) is 30.9. The molecule has 5 heterocycles. The average molecular weight is 681 g/mol. The highest BCUT2D eigenvalue weighted by Crippen LogP contribution is 2.38. The quantitative estimate of drug-likeness (QED) is 0.167. The molecule has 0 bridgehead atoms. The van der Waals surface area contributed by atoms with Crippen LogP contribution in [0.2, 0.25) is 0 Å². The number of allylic oxidation sites excluding steroid dienone is 1. The van der Waals surface area contributed by atoms with E-state index in [2.05, 4.69) is 201 Å². The molecular formula is C49H36N4. The molecule has 0 saturated carbocycles. The molecular weight excluding hydrogens is 645 g/mol. The number of aromatic nitrogens is 3. The Balaban J connectivity index is 0.969. The van der Waals surface area contributed by atoms with Gasteiger partial charge < -0.3 is 13.9 Å².